The minimum atomic E-state index is -1.24. The first-order chi connectivity index (χ1) is 21.0. The molecule has 7 atom stereocenters. The van der Waals surface area contributed by atoms with E-state index in [1.165, 1.54) is 0 Å². The number of ether oxygens (including phenoxy) is 1. The second kappa shape index (κ2) is 12.0. The molecular formula is C36H45N3O5. The number of amides is 3. The van der Waals surface area contributed by atoms with Crippen LogP contribution in [0.4, 0.5) is 11.4 Å². The van der Waals surface area contributed by atoms with Gasteiger partial charge in [0.05, 0.1) is 30.1 Å². The predicted molar refractivity (Wildman–Crippen MR) is 172 cm³/mol. The first kappa shape index (κ1) is 31.7. The monoisotopic (exact) mass is 599 g/mol. The molecule has 3 aliphatic heterocycles. The summed E-state index contributed by atoms with van der Waals surface area (Å²) >= 11 is 0. The van der Waals surface area contributed by atoms with Crippen molar-refractivity contribution in [1.82, 2.24) is 4.90 Å². The molecule has 8 nitrogen and oxygen atoms in total. The van der Waals surface area contributed by atoms with Crippen LogP contribution in [0.5, 0.6) is 0 Å². The van der Waals surface area contributed by atoms with Crippen molar-refractivity contribution in [3.05, 3.63) is 85.0 Å². The maximum absolute atomic E-state index is 15.0. The molecular weight excluding hydrogens is 554 g/mol. The van der Waals surface area contributed by atoms with Crippen LogP contribution in [-0.4, -0.2) is 70.7 Å². The van der Waals surface area contributed by atoms with Crippen LogP contribution in [0.1, 0.15) is 44.7 Å². The van der Waals surface area contributed by atoms with Crippen molar-refractivity contribution in [2.45, 2.75) is 70.7 Å². The maximum Gasteiger partial charge on any atom is 0.253 e. The molecule has 3 amide bonds. The highest BCUT2D eigenvalue weighted by Crippen LogP contribution is 2.66. The lowest BCUT2D eigenvalue weighted by Gasteiger charge is -2.39. The van der Waals surface area contributed by atoms with Crippen LogP contribution in [0.15, 0.2) is 73.8 Å². The van der Waals surface area contributed by atoms with Gasteiger partial charge in [0.1, 0.15) is 11.6 Å². The number of fused-ring (bicyclic) bond motifs is 1. The molecule has 0 saturated carbocycles. The Bertz CT molecular complexity index is 1450. The smallest absolute Gasteiger partial charge is 0.253 e. The van der Waals surface area contributed by atoms with Crippen LogP contribution in [0.25, 0.3) is 0 Å². The predicted octanol–water partition coefficient (Wildman–Crippen LogP) is 4.82. The summed E-state index contributed by atoms with van der Waals surface area (Å²) in [5, 5.41) is 10.5. The Labute approximate surface area is 261 Å². The van der Waals surface area contributed by atoms with Gasteiger partial charge >= 0.3 is 0 Å². The van der Waals surface area contributed by atoms with Crippen LogP contribution >= 0.6 is 0 Å². The number of likely N-dealkylation sites (tertiary alicyclic amines) is 1. The fourth-order valence-electron chi connectivity index (χ4n) is 7.96. The lowest BCUT2D eigenvalue weighted by molar-refractivity contribution is -0.149. The van der Waals surface area contributed by atoms with E-state index in [0.717, 1.165) is 16.8 Å². The van der Waals surface area contributed by atoms with E-state index in [4.69, 9.17) is 4.74 Å². The van der Waals surface area contributed by atoms with E-state index in [1.54, 1.807) is 26.9 Å². The Morgan fingerprint density at radius 2 is 1.75 bits per heavy atom. The van der Waals surface area contributed by atoms with Gasteiger partial charge in [-0.1, -0.05) is 56.3 Å². The van der Waals surface area contributed by atoms with Crippen molar-refractivity contribution < 1.29 is 24.2 Å². The molecule has 0 aromatic heterocycles. The second-order valence-electron chi connectivity index (χ2n) is 12.8. The Morgan fingerprint density at radius 1 is 1.09 bits per heavy atom. The van der Waals surface area contributed by atoms with Gasteiger partial charge in [-0.3, -0.25) is 14.4 Å². The fraction of sp³-hybridized carbons (Fsp3) is 0.472. The number of hydrogen-bond donors (Lipinski definition) is 1. The third-order valence-electron chi connectivity index (χ3n) is 10.2. The maximum atomic E-state index is 15.0. The fourth-order valence-corrected chi connectivity index (χ4v) is 7.96. The molecule has 1 N–H and O–H groups in total. The molecule has 3 fully saturated rings. The Balaban J connectivity index is 1.67. The minimum Gasteiger partial charge on any atom is -0.394 e. The Morgan fingerprint density at radius 3 is 2.36 bits per heavy atom. The zero-order chi connectivity index (χ0) is 32.0. The molecule has 3 unspecified atom stereocenters. The number of para-hydroxylation sites is 1. The number of carbonyl (C=O) groups excluding carboxylic acids is 3. The standard InChI is InChI=1S/C36H45N3O5/c1-8-18-37(27-14-12-11-13-15-27)32(41)29-30-33(42)39(26(10-3)22-40)31(36(30)21-25(6)35(29,7)44-36)34(43)38(19-9-2)28-20-23(4)16-17-24(28)5/h8-9,11-17,20,25-26,29-31,40H,1-2,10,18-19,21-22H2,3-7H3/t25?,26-,29+,30-,31?,35-,36?/m0/s1. The Hall–Kier alpha value is -3.75. The molecule has 5 rings (SSSR count). The molecule has 3 saturated heterocycles. The lowest BCUT2D eigenvalue weighted by atomic mass is 9.62. The summed E-state index contributed by atoms with van der Waals surface area (Å²) in [6.45, 7) is 17.8. The highest BCUT2D eigenvalue weighted by molar-refractivity contribution is 6.07. The first-order valence-corrected chi connectivity index (χ1v) is 15.6. The molecule has 2 bridgehead atoms. The van der Waals surface area contributed by atoms with Gasteiger partial charge in [-0.15, -0.1) is 13.2 Å². The second-order valence-corrected chi connectivity index (χ2v) is 12.8. The van der Waals surface area contributed by atoms with Gasteiger partial charge in [-0.2, -0.15) is 0 Å². The van der Waals surface area contributed by atoms with E-state index in [2.05, 4.69) is 13.2 Å². The van der Waals surface area contributed by atoms with Gasteiger partial charge in [-0.05, 0) is 68.9 Å². The van der Waals surface area contributed by atoms with E-state index < -0.39 is 35.1 Å². The number of aliphatic hydroxyl groups is 1. The van der Waals surface area contributed by atoms with E-state index in [-0.39, 0.29) is 43.3 Å². The molecule has 8 heteroatoms. The molecule has 0 radical (unpaired) electrons. The largest absolute Gasteiger partial charge is 0.394 e. The van der Waals surface area contributed by atoms with Gasteiger partial charge in [0.2, 0.25) is 11.8 Å². The van der Waals surface area contributed by atoms with Crippen molar-refractivity contribution in [2.24, 2.45) is 17.8 Å². The zero-order valence-corrected chi connectivity index (χ0v) is 26.5. The average molecular weight is 600 g/mol. The SMILES string of the molecule is C=CCN(C(=O)[C@H]1[C@H]2C(=O)N([C@@H](CC)CO)C(C(=O)N(CC=C)c3cc(C)ccc3C)C23CC(C)[C@]1(C)O3)c1ccccc1. The van der Waals surface area contributed by atoms with E-state index >= 15 is 0 Å². The number of hydrogen-bond acceptors (Lipinski definition) is 5. The molecule has 3 heterocycles. The van der Waals surface area contributed by atoms with Crippen molar-refractivity contribution >= 4 is 29.1 Å². The summed E-state index contributed by atoms with van der Waals surface area (Å²) in [5.41, 5.74) is 1.14. The normalized spacial score (nSPS) is 29.3. The summed E-state index contributed by atoms with van der Waals surface area (Å²) in [5.74, 6) is -2.66. The van der Waals surface area contributed by atoms with E-state index in [0.29, 0.717) is 18.5 Å². The number of anilines is 2. The number of aryl methyl sites for hydroxylation is 2. The van der Waals surface area contributed by atoms with Crippen LogP contribution in [-0.2, 0) is 19.1 Å². The third kappa shape index (κ3) is 4.70. The summed E-state index contributed by atoms with van der Waals surface area (Å²) in [4.78, 5) is 49.2. The van der Waals surface area contributed by atoms with E-state index in [9.17, 15) is 19.5 Å². The van der Waals surface area contributed by atoms with Crippen LogP contribution < -0.4 is 9.80 Å². The minimum absolute atomic E-state index is 0.111. The highest BCUT2D eigenvalue weighted by atomic mass is 16.5. The van der Waals surface area contributed by atoms with Crippen LogP contribution in [0.2, 0.25) is 0 Å². The van der Waals surface area contributed by atoms with Crippen molar-refractivity contribution in [2.75, 3.05) is 29.5 Å². The van der Waals surface area contributed by atoms with Gasteiger partial charge in [-0.25, -0.2) is 0 Å². The Kier molecular flexibility index (Phi) is 8.62. The lowest BCUT2D eigenvalue weighted by Crippen LogP contribution is -2.59. The molecule has 234 valence electrons. The van der Waals surface area contributed by atoms with Gasteiger partial charge in [0.25, 0.3) is 5.91 Å². The van der Waals surface area contributed by atoms with Crippen molar-refractivity contribution in [3.63, 3.8) is 0 Å². The van der Waals surface area contributed by atoms with Crippen LogP contribution in [0.3, 0.4) is 0 Å². The molecule has 2 aromatic rings. The first-order valence-electron chi connectivity index (χ1n) is 15.6. The number of aliphatic hydroxyl groups excluding tert-OH is 1. The number of carbonyl (C=O) groups is 3. The van der Waals surface area contributed by atoms with Gasteiger partial charge in [0.15, 0.2) is 0 Å². The van der Waals surface area contributed by atoms with Gasteiger partial charge < -0.3 is 24.5 Å². The number of rotatable bonds is 11. The number of benzene rings is 2. The zero-order valence-electron chi connectivity index (χ0n) is 26.5. The summed E-state index contributed by atoms with van der Waals surface area (Å²) in [6.07, 6.45) is 4.24. The van der Waals surface area contributed by atoms with E-state index in [1.807, 2.05) is 83.1 Å². The van der Waals surface area contributed by atoms with Crippen molar-refractivity contribution in [1.29, 1.82) is 0 Å². The highest BCUT2D eigenvalue weighted by Gasteiger charge is 2.80. The third-order valence-corrected chi connectivity index (χ3v) is 10.2. The molecule has 2 aromatic carbocycles. The molecule has 0 aliphatic carbocycles. The average Bonchev–Trinajstić information content (AvgIpc) is 3.53. The molecule has 3 aliphatic rings. The molecule has 44 heavy (non-hydrogen) atoms. The molecule has 1 spiro atoms. The topological polar surface area (TPSA) is 90.4 Å². The quantitative estimate of drug-likeness (QED) is 0.374. The number of nitrogens with zero attached hydrogens (tertiary/aromatic N) is 3. The van der Waals surface area contributed by atoms with Crippen molar-refractivity contribution in [3.8, 4) is 0 Å². The summed E-state index contributed by atoms with van der Waals surface area (Å²) < 4.78 is 6.98. The van der Waals surface area contributed by atoms with Gasteiger partial charge in [0, 0.05) is 24.5 Å². The van der Waals surface area contributed by atoms with Crippen LogP contribution in [0, 0.1) is 31.6 Å². The summed E-state index contributed by atoms with van der Waals surface area (Å²) in [6, 6.07) is 13.7. The summed E-state index contributed by atoms with van der Waals surface area (Å²) in [7, 11) is 0.